The number of nitrogens with zero attached hydrogens (tertiary/aromatic N) is 2. The van der Waals surface area contributed by atoms with E-state index >= 15 is 0 Å². The Balaban J connectivity index is 1.65. The van der Waals surface area contributed by atoms with E-state index in [2.05, 4.69) is 21.6 Å². The summed E-state index contributed by atoms with van der Waals surface area (Å²) in [6.07, 6.45) is 6.27. The molecule has 0 aliphatic carbocycles. The molecule has 5 heteroatoms. The summed E-state index contributed by atoms with van der Waals surface area (Å²) in [5.74, 6) is 2.27. The SMILES string of the molecule is COc1cc(CN2CCC[N+]3=C2CCCCC3)c2sc3ccccc3c(=O)c2c1. The van der Waals surface area contributed by atoms with Gasteiger partial charge in [0.2, 0.25) is 5.84 Å². The molecule has 0 fully saturated rings. The maximum absolute atomic E-state index is 13.2. The van der Waals surface area contributed by atoms with Gasteiger partial charge in [0, 0.05) is 38.6 Å². The van der Waals surface area contributed by atoms with Gasteiger partial charge in [0.15, 0.2) is 5.43 Å². The molecule has 5 rings (SSSR count). The topological polar surface area (TPSA) is 32.5 Å². The molecule has 4 nitrogen and oxygen atoms in total. The van der Waals surface area contributed by atoms with Gasteiger partial charge in [-0.2, -0.15) is 0 Å². The van der Waals surface area contributed by atoms with Gasteiger partial charge >= 0.3 is 0 Å². The molecule has 3 heterocycles. The van der Waals surface area contributed by atoms with Crippen molar-refractivity contribution in [2.24, 2.45) is 0 Å². The van der Waals surface area contributed by atoms with Crippen LogP contribution < -0.4 is 10.2 Å². The maximum Gasteiger partial charge on any atom is 0.247 e. The quantitative estimate of drug-likeness (QED) is 0.469. The summed E-state index contributed by atoms with van der Waals surface area (Å²) >= 11 is 1.73. The van der Waals surface area contributed by atoms with Crippen LogP contribution in [-0.4, -0.2) is 42.1 Å². The van der Waals surface area contributed by atoms with Gasteiger partial charge in [-0.15, -0.1) is 11.3 Å². The molecule has 2 aliphatic heterocycles. The van der Waals surface area contributed by atoms with Gasteiger partial charge in [-0.05, 0) is 43.5 Å². The van der Waals surface area contributed by atoms with E-state index in [1.165, 1.54) is 56.6 Å². The zero-order valence-corrected chi connectivity index (χ0v) is 17.8. The molecule has 0 amide bonds. The first-order valence-electron chi connectivity index (χ1n) is 10.6. The van der Waals surface area contributed by atoms with Crippen LogP contribution in [-0.2, 0) is 6.54 Å². The minimum Gasteiger partial charge on any atom is -0.497 e. The number of hydrogen-bond acceptors (Lipinski definition) is 4. The molecule has 1 aromatic heterocycles. The van der Waals surface area contributed by atoms with Crippen molar-refractivity contribution in [3.8, 4) is 5.75 Å². The van der Waals surface area contributed by atoms with Crippen LogP contribution >= 0.6 is 11.3 Å². The minimum absolute atomic E-state index is 0.108. The van der Waals surface area contributed by atoms with Gasteiger partial charge in [-0.1, -0.05) is 12.1 Å². The van der Waals surface area contributed by atoms with Crippen LogP contribution in [0.25, 0.3) is 20.2 Å². The molecule has 0 unspecified atom stereocenters. The Morgan fingerprint density at radius 1 is 1.07 bits per heavy atom. The predicted octanol–water partition coefficient (Wildman–Crippen LogP) is 4.61. The summed E-state index contributed by atoms with van der Waals surface area (Å²) in [6, 6.07) is 12.0. The Morgan fingerprint density at radius 3 is 2.83 bits per heavy atom. The first-order chi connectivity index (χ1) is 14.2. The van der Waals surface area contributed by atoms with Crippen LogP contribution in [0.5, 0.6) is 5.75 Å². The molecule has 0 saturated heterocycles. The maximum atomic E-state index is 13.2. The number of ether oxygens (including phenoxy) is 1. The van der Waals surface area contributed by atoms with Crippen molar-refractivity contribution in [2.45, 2.75) is 38.6 Å². The second-order valence-electron chi connectivity index (χ2n) is 8.08. The fraction of sp³-hybridized carbons (Fsp3) is 0.417. The molecule has 0 N–H and O–H groups in total. The Bertz CT molecular complexity index is 1160. The van der Waals surface area contributed by atoms with Crippen LogP contribution in [0.4, 0.5) is 0 Å². The monoisotopic (exact) mass is 407 g/mol. The second kappa shape index (κ2) is 7.79. The predicted molar refractivity (Wildman–Crippen MR) is 121 cm³/mol. The molecule has 2 aromatic carbocycles. The highest BCUT2D eigenvalue weighted by Gasteiger charge is 2.29. The van der Waals surface area contributed by atoms with Crippen molar-refractivity contribution in [1.29, 1.82) is 0 Å². The third-order valence-corrected chi connectivity index (χ3v) is 7.50. The summed E-state index contributed by atoms with van der Waals surface area (Å²) < 4.78 is 10.3. The average Bonchev–Trinajstić information content (AvgIpc) is 3.01. The summed E-state index contributed by atoms with van der Waals surface area (Å²) in [6.45, 7) is 4.30. The zero-order chi connectivity index (χ0) is 19.8. The lowest BCUT2D eigenvalue weighted by Crippen LogP contribution is -2.43. The highest BCUT2D eigenvalue weighted by atomic mass is 32.1. The first kappa shape index (κ1) is 18.6. The smallest absolute Gasteiger partial charge is 0.247 e. The fourth-order valence-corrected chi connectivity index (χ4v) is 5.94. The zero-order valence-electron chi connectivity index (χ0n) is 16.9. The van der Waals surface area contributed by atoms with Gasteiger partial charge < -0.3 is 4.74 Å². The molecule has 150 valence electrons. The lowest BCUT2D eigenvalue weighted by atomic mass is 10.1. The van der Waals surface area contributed by atoms with Gasteiger partial charge in [-0.3, -0.25) is 14.3 Å². The van der Waals surface area contributed by atoms with Gasteiger partial charge in [0.05, 0.1) is 26.7 Å². The van der Waals surface area contributed by atoms with Crippen molar-refractivity contribution < 1.29 is 9.31 Å². The number of benzene rings is 2. The van der Waals surface area contributed by atoms with E-state index in [1.54, 1.807) is 18.4 Å². The molecule has 29 heavy (non-hydrogen) atoms. The van der Waals surface area contributed by atoms with Crippen LogP contribution in [0.15, 0.2) is 41.2 Å². The second-order valence-corrected chi connectivity index (χ2v) is 9.13. The molecule has 0 radical (unpaired) electrons. The van der Waals surface area contributed by atoms with Crippen molar-refractivity contribution >= 4 is 37.3 Å². The van der Waals surface area contributed by atoms with Gasteiger partial charge in [-0.25, -0.2) is 0 Å². The van der Waals surface area contributed by atoms with Crippen molar-refractivity contribution in [3.63, 3.8) is 0 Å². The Morgan fingerprint density at radius 2 is 1.93 bits per heavy atom. The highest BCUT2D eigenvalue weighted by Crippen LogP contribution is 2.32. The molecule has 0 spiro atoms. The van der Waals surface area contributed by atoms with Crippen LogP contribution in [0.3, 0.4) is 0 Å². The number of rotatable bonds is 3. The number of methoxy groups -OCH3 is 1. The van der Waals surface area contributed by atoms with Gasteiger partial charge in [0.25, 0.3) is 0 Å². The molecule has 2 aliphatic rings. The Labute approximate surface area is 175 Å². The van der Waals surface area contributed by atoms with E-state index < -0.39 is 0 Å². The standard InChI is InChI=1S/C24H27N2O2S/c1-28-18-14-17(16-26-13-7-12-25-11-6-2-3-10-22(25)26)24-20(15-18)23(27)19-8-4-5-9-21(19)29-24/h4-5,8-9,14-15H,2-3,6-7,10-13,16H2,1H3/q+1. The summed E-state index contributed by atoms with van der Waals surface area (Å²) in [5, 5.41) is 1.58. The average molecular weight is 408 g/mol. The van der Waals surface area contributed by atoms with Crippen molar-refractivity contribution in [2.75, 3.05) is 26.7 Å². The molecular weight excluding hydrogens is 380 g/mol. The normalized spacial score (nSPS) is 17.5. The number of hydrogen-bond donors (Lipinski definition) is 0. The largest absolute Gasteiger partial charge is 0.497 e. The van der Waals surface area contributed by atoms with Crippen molar-refractivity contribution in [3.05, 3.63) is 52.2 Å². The Kier molecular flexibility index (Phi) is 5.00. The van der Waals surface area contributed by atoms with E-state index in [4.69, 9.17) is 4.74 Å². The van der Waals surface area contributed by atoms with Crippen LogP contribution in [0.2, 0.25) is 0 Å². The number of amidine groups is 1. The van der Waals surface area contributed by atoms with E-state index in [9.17, 15) is 4.79 Å². The molecule has 0 bridgehead atoms. The summed E-state index contributed by atoms with van der Waals surface area (Å²) in [4.78, 5) is 15.7. The van der Waals surface area contributed by atoms with E-state index in [0.717, 1.165) is 39.0 Å². The van der Waals surface area contributed by atoms with Crippen LogP contribution in [0.1, 0.15) is 37.7 Å². The van der Waals surface area contributed by atoms with E-state index in [0.29, 0.717) is 0 Å². The molecule has 0 atom stereocenters. The van der Waals surface area contributed by atoms with E-state index in [-0.39, 0.29) is 5.43 Å². The third-order valence-electron chi connectivity index (χ3n) is 6.24. The molecular formula is C24H27N2O2S+. The minimum atomic E-state index is 0.108. The van der Waals surface area contributed by atoms with Gasteiger partial charge in [0.1, 0.15) is 12.3 Å². The lowest BCUT2D eigenvalue weighted by molar-refractivity contribution is -0.539. The lowest BCUT2D eigenvalue weighted by Gasteiger charge is -2.27. The summed E-state index contributed by atoms with van der Waals surface area (Å²) in [7, 11) is 1.68. The first-order valence-corrected chi connectivity index (χ1v) is 11.4. The Hall–Kier alpha value is -2.40. The van der Waals surface area contributed by atoms with Crippen LogP contribution in [0, 0.1) is 0 Å². The highest BCUT2D eigenvalue weighted by molar-refractivity contribution is 7.24. The third kappa shape index (κ3) is 3.42. The summed E-state index contributed by atoms with van der Waals surface area (Å²) in [5.41, 5.74) is 1.31. The number of fused-ring (bicyclic) bond motifs is 2. The fourth-order valence-electron chi connectivity index (χ4n) is 4.79. The van der Waals surface area contributed by atoms with E-state index in [1.807, 2.05) is 24.3 Å². The molecule has 3 aromatic rings. The van der Waals surface area contributed by atoms with Crippen molar-refractivity contribution in [1.82, 2.24) is 4.90 Å². The molecule has 0 saturated carbocycles.